The molecule has 0 bridgehead atoms. The Morgan fingerprint density at radius 1 is 1.52 bits per heavy atom. The fraction of sp³-hybridized carbons (Fsp3) is 0.643. The predicted molar refractivity (Wildman–Crippen MR) is 81.4 cm³/mol. The van der Waals surface area contributed by atoms with Crippen LogP contribution in [-0.4, -0.2) is 31.8 Å². The summed E-state index contributed by atoms with van der Waals surface area (Å²) in [5.41, 5.74) is 2.69. The Hall–Kier alpha value is -1.56. The second-order valence-electron chi connectivity index (χ2n) is 5.50. The molecule has 1 aliphatic heterocycles. The highest BCUT2D eigenvalue weighted by Gasteiger charge is 2.31. The number of nitrogens with zero attached hydrogens (tertiary/aromatic N) is 4. The zero-order valence-electron chi connectivity index (χ0n) is 12.6. The van der Waals surface area contributed by atoms with Crippen LogP contribution in [-0.2, 0) is 18.3 Å². The van der Waals surface area contributed by atoms with Gasteiger partial charge in [0.2, 0.25) is 5.91 Å². The van der Waals surface area contributed by atoms with Crippen LogP contribution < -0.4 is 5.32 Å². The fourth-order valence-electron chi connectivity index (χ4n) is 3.05. The number of fused-ring (bicyclic) bond motifs is 1. The Kier molecular flexibility index (Phi) is 3.65. The van der Waals surface area contributed by atoms with Gasteiger partial charge < -0.3 is 5.32 Å². The third-order valence-corrected chi connectivity index (χ3v) is 4.22. The van der Waals surface area contributed by atoms with Crippen molar-refractivity contribution in [3.05, 3.63) is 11.5 Å². The SMILES string of the molecule is CCc1nn(C)c2c1nc(C(C)Cl)n2C1CCCNC1=O. The van der Waals surface area contributed by atoms with Gasteiger partial charge in [0.1, 0.15) is 17.4 Å². The average Bonchev–Trinajstić information content (AvgIpc) is 2.98. The molecule has 0 aromatic carbocycles. The lowest BCUT2D eigenvalue weighted by Crippen LogP contribution is -2.38. The Balaban J connectivity index is 2.25. The second kappa shape index (κ2) is 5.33. The first kappa shape index (κ1) is 14.4. The number of aryl methyl sites for hydroxylation is 2. The lowest BCUT2D eigenvalue weighted by atomic mass is 10.1. The summed E-state index contributed by atoms with van der Waals surface area (Å²) in [6, 6.07) is -0.250. The van der Waals surface area contributed by atoms with E-state index in [4.69, 9.17) is 11.6 Å². The monoisotopic (exact) mass is 309 g/mol. The highest BCUT2D eigenvalue weighted by molar-refractivity contribution is 6.20. The molecular weight excluding hydrogens is 290 g/mol. The van der Waals surface area contributed by atoms with E-state index in [0.717, 1.165) is 48.5 Å². The van der Waals surface area contributed by atoms with Gasteiger partial charge in [-0.15, -0.1) is 11.6 Å². The van der Waals surface area contributed by atoms with Gasteiger partial charge in [-0.2, -0.15) is 5.10 Å². The number of carbonyl (C=O) groups is 1. The molecule has 3 rings (SSSR count). The lowest BCUT2D eigenvalue weighted by Gasteiger charge is -2.25. The summed E-state index contributed by atoms with van der Waals surface area (Å²) in [6.07, 6.45) is 2.58. The summed E-state index contributed by atoms with van der Waals surface area (Å²) in [5, 5.41) is 7.19. The number of amides is 1. The summed E-state index contributed by atoms with van der Waals surface area (Å²) < 4.78 is 3.79. The first-order valence-corrected chi connectivity index (χ1v) is 7.83. The van der Waals surface area contributed by atoms with Crippen LogP contribution in [0.4, 0.5) is 0 Å². The van der Waals surface area contributed by atoms with E-state index in [9.17, 15) is 4.79 Å². The quantitative estimate of drug-likeness (QED) is 0.883. The molecule has 1 saturated heterocycles. The molecule has 1 aliphatic rings. The van der Waals surface area contributed by atoms with Gasteiger partial charge >= 0.3 is 0 Å². The zero-order valence-corrected chi connectivity index (χ0v) is 13.3. The molecule has 2 aromatic heterocycles. The minimum atomic E-state index is -0.253. The minimum Gasteiger partial charge on any atom is -0.354 e. The van der Waals surface area contributed by atoms with Crippen LogP contribution in [0.5, 0.6) is 0 Å². The number of hydrogen-bond acceptors (Lipinski definition) is 3. The smallest absolute Gasteiger partial charge is 0.243 e. The Morgan fingerprint density at radius 3 is 2.90 bits per heavy atom. The molecule has 2 unspecified atom stereocenters. The average molecular weight is 310 g/mol. The molecule has 6 nitrogen and oxygen atoms in total. The summed E-state index contributed by atoms with van der Waals surface area (Å²) in [4.78, 5) is 16.9. The van der Waals surface area contributed by atoms with E-state index in [1.165, 1.54) is 0 Å². The van der Waals surface area contributed by atoms with E-state index in [-0.39, 0.29) is 17.3 Å². The topological polar surface area (TPSA) is 64.7 Å². The summed E-state index contributed by atoms with van der Waals surface area (Å²) in [5.74, 6) is 0.787. The lowest BCUT2D eigenvalue weighted by molar-refractivity contribution is -0.125. The Labute approximate surface area is 128 Å². The van der Waals surface area contributed by atoms with Crippen molar-refractivity contribution < 1.29 is 4.79 Å². The molecule has 1 N–H and O–H groups in total. The van der Waals surface area contributed by atoms with Crippen LogP contribution in [0, 0.1) is 0 Å². The van der Waals surface area contributed by atoms with Crippen LogP contribution in [0.25, 0.3) is 11.2 Å². The van der Waals surface area contributed by atoms with Gasteiger partial charge in [0.05, 0.1) is 11.1 Å². The molecule has 3 heterocycles. The van der Waals surface area contributed by atoms with Crippen LogP contribution in [0.15, 0.2) is 0 Å². The number of nitrogens with one attached hydrogen (secondary N) is 1. The number of rotatable bonds is 3. The summed E-state index contributed by atoms with van der Waals surface area (Å²) >= 11 is 6.31. The molecule has 114 valence electrons. The van der Waals surface area contributed by atoms with Gasteiger partial charge in [0.25, 0.3) is 0 Å². The van der Waals surface area contributed by atoms with E-state index in [2.05, 4.69) is 22.3 Å². The van der Waals surface area contributed by atoms with E-state index < -0.39 is 0 Å². The second-order valence-corrected chi connectivity index (χ2v) is 6.16. The molecule has 1 amide bonds. The highest BCUT2D eigenvalue weighted by atomic mass is 35.5. The van der Waals surface area contributed by atoms with Gasteiger partial charge in [0, 0.05) is 13.6 Å². The van der Waals surface area contributed by atoms with Crippen molar-refractivity contribution in [3.63, 3.8) is 0 Å². The van der Waals surface area contributed by atoms with Gasteiger partial charge in [-0.1, -0.05) is 6.92 Å². The molecule has 21 heavy (non-hydrogen) atoms. The van der Waals surface area contributed by atoms with Gasteiger partial charge in [-0.25, -0.2) is 4.98 Å². The zero-order chi connectivity index (χ0) is 15.1. The number of imidazole rings is 1. The standard InChI is InChI=1S/C14H20ClN5O/c1-4-9-11-14(19(3)18-9)20(12(17-11)8(2)15)10-6-5-7-16-13(10)21/h8,10H,4-7H2,1-3H3,(H,16,21). The molecule has 2 aromatic rings. The number of carbonyl (C=O) groups excluding carboxylic acids is 1. The van der Waals surface area contributed by atoms with Crippen LogP contribution >= 0.6 is 11.6 Å². The number of aromatic nitrogens is 4. The maximum Gasteiger partial charge on any atom is 0.243 e. The molecule has 2 atom stereocenters. The van der Waals surface area contributed by atoms with Crippen molar-refractivity contribution in [1.82, 2.24) is 24.6 Å². The van der Waals surface area contributed by atoms with Crippen LogP contribution in [0.3, 0.4) is 0 Å². The van der Waals surface area contributed by atoms with Crippen molar-refractivity contribution in [2.75, 3.05) is 6.54 Å². The van der Waals surface area contributed by atoms with E-state index in [1.807, 2.05) is 23.2 Å². The van der Waals surface area contributed by atoms with Crippen molar-refractivity contribution >= 4 is 28.7 Å². The Morgan fingerprint density at radius 2 is 2.29 bits per heavy atom. The largest absolute Gasteiger partial charge is 0.354 e. The van der Waals surface area contributed by atoms with Crippen molar-refractivity contribution in [3.8, 4) is 0 Å². The molecule has 7 heteroatoms. The predicted octanol–water partition coefficient (Wildman–Crippen LogP) is 2.08. The first-order valence-electron chi connectivity index (χ1n) is 7.40. The molecule has 0 radical (unpaired) electrons. The fourth-order valence-corrected chi connectivity index (χ4v) is 3.20. The summed E-state index contributed by atoms with van der Waals surface area (Å²) in [6.45, 7) is 4.68. The normalized spacial score (nSPS) is 20.8. The molecule has 0 aliphatic carbocycles. The first-order chi connectivity index (χ1) is 10.0. The van der Waals surface area contributed by atoms with Crippen molar-refractivity contribution in [2.45, 2.75) is 44.5 Å². The van der Waals surface area contributed by atoms with Gasteiger partial charge in [-0.3, -0.25) is 14.0 Å². The summed E-state index contributed by atoms with van der Waals surface area (Å²) in [7, 11) is 1.89. The number of halogens is 1. The van der Waals surface area contributed by atoms with Crippen LogP contribution in [0.1, 0.15) is 49.6 Å². The maximum atomic E-state index is 12.3. The van der Waals surface area contributed by atoms with Gasteiger partial charge in [-0.05, 0) is 26.2 Å². The van der Waals surface area contributed by atoms with E-state index >= 15 is 0 Å². The van der Waals surface area contributed by atoms with Crippen LogP contribution in [0.2, 0.25) is 0 Å². The molecule has 1 fully saturated rings. The van der Waals surface area contributed by atoms with Gasteiger partial charge in [0.15, 0.2) is 5.65 Å². The Bertz CT molecular complexity index is 687. The van der Waals surface area contributed by atoms with E-state index in [0.29, 0.717) is 0 Å². The van der Waals surface area contributed by atoms with Crippen molar-refractivity contribution in [1.29, 1.82) is 0 Å². The van der Waals surface area contributed by atoms with E-state index in [1.54, 1.807) is 0 Å². The highest BCUT2D eigenvalue weighted by Crippen LogP contribution is 2.32. The van der Waals surface area contributed by atoms with Crippen molar-refractivity contribution in [2.24, 2.45) is 7.05 Å². The molecule has 0 saturated carbocycles. The number of alkyl halides is 1. The third kappa shape index (κ3) is 2.21. The number of piperidine rings is 1. The number of hydrogen-bond donors (Lipinski definition) is 1. The maximum absolute atomic E-state index is 12.3. The molecule has 0 spiro atoms. The molecular formula is C14H20ClN5O. The minimum absolute atomic E-state index is 0.0402. The third-order valence-electron chi connectivity index (χ3n) is 4.02.